The third kappa shape index (κ3) is 3.07. The van der Waals surface area contributed by atoms with Gasteiger partial charge >= 0.3 is 5.76 Å². The Bertz CT molecular complexity index is 858. The molecule has 6 nitrogen and oxygen atoms in total. The van der Waals surface area contributed by atoms with Crippen molar-refractivity contribution in [2.75, 3.05) is 14.1 Å². The van der Waals surface area contributed by atoms with Crippen molar-refractivity contribution < 1.29 is 12.8 Å². The number of aromatic nitrogens is 1. The molecule has 0 saturated heterocycles. The molecular weight excluding hydrogens is 316 g/mol. The molecular formula is C16H22N2O4S. The van der Waals surface area contributed by atoms with Crippen LogP contribution in [0.15, 0.2) is 32.3 Å². The molecule has 1 aliphatic carbocycles. The molecule has 1 heterocycles. The van der Waals surface area contributed by atoms with Gasteiger partial charge in [0.15, 0.2) is 5.58 Å². The third-order valence-corrected chi connectivity index (χ3v) is 6.39. The fraction of sp³-hybridized carbons (Fsp3) is 0.562. The van der Waals surface area contributed by atoms with Crippen LogP contribution in [0.5, 0.6) is 0 Å². The first-order chi connectivity index (χ1) is 10.9. The lowest BCUT2D eigenvalue weighted by Gasteiger charge is -2.21. The Hall–Kier alpha value is -1.60. The SMILES string of the molecule is CN(C)S(=O)(=O)c1ccc2c(c1)oc(=O)n2CC1CCCCC1. The molecule has 2 aromatic rings. The van der Waals surface area contributed by atoms with Crippen LogP contribution in [-0.4, -0.2) is 31.4 Å². The number of nitrogens with zero attached hydrogens (tertiary/aromatic N) is 2. The Kier molecular flexibility index (Phi) is 4.33. The van der Waals surface area contributed by atoms with E-state index in [1.807, 2.05) is 0 Å². The van der Waals surface area contributed by atoms with E-state index in [0.717, 1.165) is 17.1 Å². The number of oxazole rings is 1. The van der Waals surface area contributed by atoms with E-state index in [9.17, 15) is 13.2 Å². The third-order valence-electron chi connectivity index (χ3n) is 4.58. The minimum absolute atomic E-state index is 0.133. The lowest BCUT2D eigenvalue weighted by molar-refractivity contribution is 0.312. The summed E-state index contributed by atoms with van der Waals surface area (Å²) in [5, 5.41) is 0. The number of rotatable bonds is 4. The van der Waals surface area contributed by atoms with Crippen molar-refractivity contribution in [3.63, 3.8) is 0 Å². The Morgan fingerprint density at radius 1 is 1.22 bits per heavy atom. The highest BCUT2D eigenvalue weighted by Gasteiger charge is 2.21. The van der Waals surface area contributed by atoms with Gasteiger partial charge in [-0.05, 0) is 30.9 Å². The predicted octanol–water partition coefficient (Wildman–Crippen LogP) is 2.43. The number of sulfonamides is 1. The zero-order valence-corrected chi connectivity index (χ0v) is 14.3. The molecule has 0 radical (unpaired) electrons. The molecule has 0 aliphatic heterocycles. The average molecular weight is 338 g/mol. The van der Waals surface area contributed by atoms with Crippen LogP contribution in [-0.2, 0) is 16.6 Å². The van der Waals surface area contributed by atoms with Gasteiger partial charge in [-0.25, -0.2) is 17.5 Å². The van der Waals surface area contributed by atoms with Gasteiger partial charge in [-0.1, -0.05) is 19.3 Å². The summed E-state index contributed by atoms with van der Waals surface area (Å²) >= 11 is 0. The van der Waals surface area contributed by atoms with Crippen molar-refractivity contribution in [1.82, 2.24) is 8.87 Å². The monoisotopic (exact) mass is 338 g/mol. The van der Waals surface area contributed by atoms with Crippen LogP contribution < -0.4 is 5.76 Å². The Morgan fingerprint density at radius 2 is 1.91 bits per heavy atom. The van der Waals surface area contributed by atoms with Crippen LogP contribution in [0.25, 0.3) is 11.1 Å². The number of hydrogen-bond donors (Lipinski definition) is 0. The molecule has 1 fully saturated rings. The summed E-state index contributed by atoms with van der Waals surface area (Å²) in [6, 6.07) is 4.63. The van der Waals surface area contributed by atoms with Gasteiger partial charge in [0.25, 0.3) is 0 Å². The number of benzene rings is 1. The quantitative estimate of drug-likeness (QED) is 0.858. The van der Waals surface area contributed by atoms with Crippen LogP contribution >= 0.6 is 0 Å². The lowest BCUT2D eigenvalue weighted by Crippen LogP contribution is -2.22. The standard InChI is InChI=1S/C16H22N2O4S/c1-17(2)23(20,21)13-8-9-14-15(10-13)22-16(19)18(14)11-12-6-4-3-5-7-12/h8-10,12H,3-7,11H2,1-2H3. The largest absolute Gasteiger partial charge is 0.419 e. The maximum atomic E-state index is 12.2. The van der Waals surface area contributed by atoms with Gasteiger partial charge in [-0.15, -0.1) is 0 Å². The molecule has 126 valence electrons. The van der Waals surface area contributed by atoms with Gasteiger partial charge in [0.2, 0.25) is 10.0 Å². The van der Waals surface area contributed by atoms with Crippen LogP contribution in [0.3, 0.4) is 0 Å². The molecule has 0 N–H and O–H groups in total. The summed E-state index contributed by atoms with van der Waals surface area (Å²) in [7, 11) is -0.585. The van der Waals surface area contributed by atoms with E-state index in [-0.39, 0.29) is 4.90 Å². The van der Waals surface area contributed by atoms with Gasteiger partial charge < -0.3 is 4.42 Å². The second kappa shape index (κ2) is 6.13. The van der Waals surface area contributed by atoms with Gasteiger partial charge in [0.1, 0.15) is 0 Å². The van der Waals surface area contributed by atoms with Crippen LogP contribution in [0.1, 0.15) is 32.1 Å². The molecule has 23 heavy (non-hydrogen) atoms. The molecule has 0 atom stereocenters. The minimum atomic E-state index is -3.54. The van der Waals surface area contributed by atoms with Gasteiger partial charge in [0.05, 0.1) is 10.4 Å². The first kappa shape index (κ1) is 16.3. The average Bonchev–Trinajstić information content (AvgIpc) is 2.83. The van der Waals surface area contributed by atoms with E-state index in [0.29, 0.717) is 23.6 Å². The van der Waals surface area contributed by atoms with E-state index < -0.39 is 15.8 Å². The summed E-state index contributed by atoms with van der Waals surface area (Å²) in [5.41, 5.74) is 0.993. The Morgan fingerprint density at radius 3 is 2.57 bits per heavy atom. The van der Waals surface area contributed by atoms with Gasteiger partial charge in [-0.3, -0.25) is 4.57 Å². The summed E-state index contributed by atoms with van der Waals surface area (Å²) in [4.78, 5) is 12.3. The molecule has 1 aliphatic rings. The Labute approximate surface area is 135 Å². The summed E-state index contributed by atoms with van der Waals surface area (Å²) in [6.07, 6.45) is 5.95. The summed E-state index contributed by atoms with van der Waals surface area (Å²) in [5.74, 6) is 0.0809. The molecule has 1 saturated carbocycles. The minimum Gasteiger partial charge on any atom is -0.408 e. The fourth-order valence-corrected chi connectivity index (χ4v) is 4.14. The molecule has 0 bridgehead atoms. The van der Waals surface area contributed by atoms with E-state index in [1.54, 1.807) is 10.6 Å². The number of hydrogen-bond acceptors (Lipinski definition) is 4. The second-order valence-electron chi connectivity index (χ2n) is 6.40. The molecule has 0 amide bonds. The fourth-order valence-electron chi connectivity index (χ4n) is 3.22. The topological polar surface area (TPSA) is 72.5 Å². The van der Waals surface area contributed by atoms with Crippen molar-refractivity contribution in [3.05, 3.63) is 28.7 Å². The van der Waals surface area contributed by atoms with Crippen LogP contribution in [0.2, 0.25) is 0 Å². The smallest absolute Gasteiger partial charge is 0.408 e. The molecule has 0 spiro atoms. The predicted molar refractivity (Wildman–Crippen MR) is 87.9 cm³/mol. The molecule has 1 aromatic heterocycles. The van der Waals surface area contributed by atoms with Gasteiger partial charge in [-0.2, -0.15) is 0 Å². The molecule has 1 aromatic carbocycles. The highest BCUT2D eigenvalue weighted by atomic mass is 32.2. The number of fused-ring (bicyclic) bond motifs is 1. The summed E-state index contributed by atoms with van der Waals surface area (Å²) in [6.45, 7) is 0.644. The molecule has 0 unspecified atom stereocenters. The first-order valence-corrected chi connectivity index (χ1v) is 9.39. The van der Waals surface area contributed by atoms with Crippen molar-refractivity contribution in [1.29, 1.82) is 0 Å². The van der Waals surface area contributed by atoms with E-state index in [1.165, 1.54) is 45.5 Å². The van der Waals surface area contributed by atoms with Crippen molar-refractivity contribution in [2.45, 2.75) is 43.5 Å². The molecule has 7 heteroatoms. The zero-order valence-electron chi connectivity index (χ0n) is 13.5. The van der Waals surface area contributed by atoms with Crippen LogP contribution in [0.4, 0.5) is 0 Å². The highest BCUT2D eigenvalue weighted by molar-refractivity contribution is 7.89. The zero-order chi connectivity index (χ0) is 16.6. The highest BCUT2D eigenvalue weighted by Crippen LogP contribution is 2.27. The van der Waals surface area contributed by atoms with Crippen molar-refractivity contribution in [2.24, 2.45) is 5.92 Å². The van der Waals surface area contributed by atoms with E-state index in [4.69, 9.17) is 4.42 Å². The Balaban J connectivity index is 1.98. The van der Waals surface area contributed by atoms with Crippen molar-refractivity contribution >= 4 is 21.1 Å². The maximum Gasteiger partial charge on any atom is 0.419 e. The van der Waals surface area contributed by atoms with Crippen LogP contribution in [0, 0.1) is 5.92 Å². The summed E-state index contributed by atoms with van der Waals surface area (Å²) < 4.78 is 32.4. The van der Waals surface area contributed by atoms with E-state index in [2.05, 4.69) is 0 Å². The first-order valence-electron chi connectivity index (χ1n) is 7.95. The van der Waals surface area contributed by atoms with E-state index >= 15 is 0 Å². The molecule has 3 rings (SSSR count). The van der Waals surface area contributed by atoms with Crippen molar-refractivity contribution in [3.8, 4) is 0 Å². The lowest BCUT2D eigenvalue weighted by atomic mass is 9.89. The normalized spacial score (nSPS) is 17.2. The maximum absolute atomic E-state index is 12.2. The van der Waals surface area contributed by atoms with Gasteiger partial charge in [0, 0.05) is 26.7 Å². The second-order valence-corrected chi connectivity index (χ2v) is 8.55.